The van der Waals surface area contributed by atoms with E-state index in [9.17, 15) is 9.59 Å². The molecule has 0 aliphatic heterocycles. The fourth-order valence-corrected chi connectivity index (χ4v) is 3.15. The van der Waals surface area contributed by atoms with Gasteiger partial charge in [0, 0.05) is 12.6 Å². The summed E-state index contributed by atoms with van der Waals surface area (Å²) in [6, 6.07) is 12.3. The third-order valence-electron chi connectivity index (χ3n) is 3.45. The molecule has 0 unspecified atom stereocenters. The summed E-state index contributed by atoms with van der Waals surface area (Å²) in [5.41, 5.74) is 3.64. The Bertz CT molecular complexity index is 909. The summed E-state index contributed by atoms with van der Waals surface area (Å²) in [6.07, 6.45) is 0. The Morgan fingerprint density at radius 3 is 2.83 bits per heavy atom. The van der Waals surface area contributed by atoms with Gasteiger partial charge in [-0.25, -0.2) is 4.98 Å². The minimum absolute atomic E-state index is 0.0647. The number of carbonyl (C=O) groups is 2. The van der Waals surface area contributed by atoms with Crippen LogP contribution in [0.15, 0.2) is 48.0 Å². The second kappa shape index (κ2) is 6.98. The van der Waals surface area contributed by atoms with Crippen molar-refractivity contribution < 1.29 is 9.59 Å². The molecule has 5 nitrogen and oxygen atoms in total. The molecule has 2 aromatic carbocycles. The number of halogens is 1. The van der Waals surface area contributed by atoms with Crippen LogP contribution in [0.1, 0.15) is 10.4 Å². The average molecular weight is 360 g/mol. The Kier molecular flexibility index (Phi) is 4.78. The minimum Gasteiger partial charge on any atom is -0.332 e. The first-order chi connectivity index (χ1) is 11.5. The molecule has 7 heteroatoms. The summed E-state index contributed by atoms with van der Waals surface area (Å²) in [5, 5.41) is 3.15. The lowest BCUT2D eigenvalue weighted by molar-refractivity contribution is -0.116. The largest absolute Gasteiger partial charge is 0.332 e. The van der Waals surface area contributed by atoms with Crippen molar-refractivity contribution in [1.29, 1.82) is 0 Å². The number of carbonyl (C=O) groups excluding carboxylic acids is 2. The first-order valence-electron chi connectivity index (χ1n) is 7.17. The number of fused-ring (bicyclic) bond motifs is 1. The highest BCUT2D eigenvalue weighted by Gasteiger charge is 2.16. The molecule has 3 aromatic rings. The van der Waals surface area contributed by atoms with Crippen molar-refractivity contribution in [2.75, 3.05) is 18.9 Å². The number of benzene rings is 2. The Labute approximate surface area is 147 Å². The summed E-state index contributed by atoms with van der Waals surface area (Å²) in [7, 11) is 1.59. The molecule has 0 atom stereocenters. The highest BCUT2D eigenvalue weighted by molar-refractivity contribution is 7.16. The molecule has 1 aromatic heterocycles. The molecule has 0 spiro atoms. The number of hydrogen-bond acceptors (Lipinski definition) is 4. The van der Waals surface area contributed by atoms with Crippen LogP contribution in [0.2, 0.25) is 5.02 Å². The van der Waals surface area contributed by atoms with Gasteiger partial charge in [-0.15, -0.1) is 11.3 Å². The maximum absolute atomic E-state index is 12.5. The molecule has 3 rings (SSSR count). The van der Waals surface area contributed by atoms with Crippen molar-refractivity contribution >= 4 is 50.7 Å². The summed E-state index contributed by atoms with van der Waals surface area (Å²) in [4.78, 5) is 30.1. The van der Waals surface area contributed by atoms with E-state index >= 15 is 0 Å². The Balaban J connectivity index is 1.67. The number of anilines is 1. The molecule has 0 bridgehead atoms. The lowest BCUT2D eigenvalue weighted by atomic mass is 10.2. The summed E-state index contributed by atoms with van der Waals surface area (Å²) >= 11 is 7.48. The molecule has 0 fully saturated rings. The van der Waals surface area contributed by atoms with Gasteiger partial charge in [0.05, 0.1) is 33.0 Å². The van der Waals surface area contributed by atoms with E-state index in [2.05, 4.69) is 10.3 Å². The van der Waals surface area contributed by atoms with Crippen molar-refractivity contribution in [3.63, 3.8) is 0 Å². The van der Waals surface area contributed by atoms with Gasteiger partial charge in [-0.1, -0.05) is 23.7 Å². The van der Waals surface area contributed by atoms with E-state index in [-0.39, 0.29) is 18.4 Å². The third-order valence-corrected chi connectivity index (χ3v) is 4.57. The molecule has 2 amide bonds. The smallest absolute Gasteiger partial charge is 0.254 e. The molecule has 0 radical (unpaired) electrons. The van der Waals surface area contributed by atoms with E-state index in [0.29, 0.717) is 16.3 Å². The molecule has 1 N–H and O–H groups in total. The minimum atomic E-state index is -0.308. The van der Waals surface area contributed by atoms with Gasteiger partial charge in [-0.05, 0) is 30.3 Å². The van der Waals surface area contributed by atoms with Crippen molar-refractivity contribution in [1.82, 2.24) is 9.88 Å². The zero-order valence-corrected chi connectivity index (χ0v) is 14.4. The zero-order chi connectivity index (χ0) is 17.1. The third kappa shape index (κ3) is 3.55. The van der Waals surface area contributed by atoms with Crippen molar-refractivity contribution in [2.24, 2.45) is 0 Å². The Hall–Kier alpha value is -2.44. The van der Waals surface area contributed by atoms with Gasteiger partial charge in [-0.3, -0.25) is 9.59 Å². The first-order valence-corrected chi connectivity index (χ1v) is 8.43. The predicted octanol–water partition coefficient (Wildman–Crippen LogP) is 3.66. The topological polar surface area (TPSA) is 62.3 Å². The van der Waals surface area contributed by atoms with Crippen LogP contribution in [-0.2, 0) is 4.79 Å². The number of nitrogens with zero attached hydrogens (tertiary/aromatic N) is 2. The maximum Gasteiger partial charge on any atom is 0.254 e. The van der Waals surface area contributed by atoms with Crippen LogP contribution in [0.3, 0.4) is 0 Å². The number of hydrogen-bond donors (Lipinski definition) is 1. The van der Waals surface area contributed by atoms with Crippen LogP contribution in [0.5, 0.6) is 0 Å². The van der Waals surface area contributed by atoms with Crippen LogP contribution in [0, 0.1) is 0 Å². The summed E-state index contributed by atoms with van der Waals surface area (Å²) in [6.45, 7) is -0.0647. The average Bonchev–Trinajstić information content (AvgIpc) is 3.03. The van der Waals surface area contributed by atoms with E-state index in [4.69, 9.17) is 11.6 Å². The van der Waals surface area contributed by atoms with Crippen LogP contribution in [0.4, 0.5) is 5.69 Å². The predicted molar refractivity (Wildman–Crippen MR) is 96.7 cm³/mol. The number of amides is 2. The molecular weight excluding hydrogens is 346 g/mol. The van der Waals surface area contributed by atoms with Gasteiger partial charge in [0.2, 0.25) is 5.91 Å². The lowest BCUT2D eigenvalue weighted by Crippen LogP contribution is -2.34. The van der Waals surface area contributed by atoms with E-state index in [1.54, 1.807) is 55.0 Å². The second-order valence-corrected chi connectivity index (χ2v) is 6.52. The fraction of sp³-hybridized carbons (Fsp3) is 0.118. The van der Waals surface area contributed by atoms with E-state index in [1.165, 1.54) is 16.2 Å². The summed E-state index contributed by atoms with van der Waals surface area (Å²) < 4.78 is 0.940. The van der Waals surface area contributed by atoms with Gasteiger partial charge in [0.25, 0.3) is 5.91 Å². The number of rotatable bonds is 4. The normalized spacial score (nSPS) is 10.6. The molecule has 1 heterocycles. The van der Waals surface area contributed by atoms with E-state index < -0.39 is 0 Å². The number of likely N-dealkylation sites (N-methyl/N-ethyl adjacent to an activating group) is 1. The van der Waals surface area contributed by atoms with Crippen molar-refractivity contribution in [2.45, 2.75) is 0 Å². The standard InChI is InChI=1S/C17H14ClN3O2S/c1-21(9-16(22)20-13-5-3-2-4-12(13)18)17(23)11-6-7-14-15(8-11)24-10-19-14/h2-8,10H,9H2,1H3,(H,20,22). The van der Waals surface area contributed by atoms with Gasteiger partial charge in [0.1, 0.15) is 0 Å². The van der Waals surface area contributed by atoms with Gasteiger partial charge in [0.15, 0.2) is 0 Å². The highest BCUT2D eigenvalue weighted by Crippen LogP contribution is 2.21. The van der Waals surface area contributed by atoms with Crippen LogP contribution in [-0.4, -0.2) is 35.3 Å². The molecular formula is C17H14ClN3O2S. The van der Waals surface area contributed by atoms with Crippen molar-refractivity contribution in [3.8, 4) is 0 Å². The van der Waals surface area contributed by atoms with Crippen LogP contribution in [0.25, 0.3) is 10.2 Å². The molecule has 122 valence electrons. The monoisotopic (exact) mass is 359 g/mol. The van der Waals surface area contributed by atoms with E-state index in [0.717, 1.165) is 10.2 Å². The number of para-hydroxylation sites is 1. The fourth-order valence-electron chi connectivity index (χ4n) is 2.25. The van der Waals surface area contributed by atoms with E-state index in [1.807, 2.05) is 0 Å². The van der Waals surface area contributed by atoms with Gasteiger partial charge in [-0.2, -0.15) is 0 Å². The van der Waals surface area contributed by atoms with Crippen LogP contribution < -0.4 is 5.32 Å². The van der Waals surface area contributed by atoms with Gasteiger partial charge < -0.3 is 10.2 Å². The quantitative estimate of drug-likeness (QED) is 0.773. The molecule has 0 aliphatic rings. The molecule has 24 heavy (non-hydrogen) atoms. The lowest BCUT2D eigenvalue weighted by Gasteiger charge is -2.17. The Morgan fingerprint density at radius 2 is 2.04 bits per heavy atom. The number of thiazole rings is 1. The van der Waals surface area contributed by atoms with Crippen LogP contribution >= 0.6 is 22.9 Å². The summed E-state index contributed by atoms with van der Waals surface area (Å²) in [5.74, 6) is -0.530. The van der Waals surface area contributed by atoms with Gasteiger partial charge >= 0.3 is 0 Å². The molecule has 0 saturated carbocycles. The molecule has 0 saturated heterocycles. The number of aromatic nitrogens is 1. The highest BCUT2D eigenvalue weighted by atomic mass is 35.5. The maximum atomic E-state index is 12.5. The molecule has 0 aliphatic carbocycles. The number of nitrogens with one attached hydrogen (secondary N) is 1. The first kappa shape index (κ1) is 16.4. The SMILES string of the molecule is CN(CC(=O)Nc1ccccc1Cl)C(=O)c1ccc2ncsc2c1. The Morgan fingerprint density at radius 1 is 1.25 bits per heavy atom. The zero-order valence-electron chi connectivity index (χ0n) is 12.8. The van der Waals surface area contributed by atoms with Crippen molar-refractivity contribution in [3.05, 3.63) is 58.6 Å². The second-order valence-electron chi connectivity index (χ2n) is 5.22.